The summed E-state index contributed by atoms with van der Waals surface area (Å²) in [6, 6.07) is 16.7. The number of unbranched alkanes of at least 4 members (excludes halogenated alkanes) is 6. The highest BCUT2D eigenvalue weighted by Crippen LogP contribution is 2.30. The molecule has 0 saturated heterocycles. The van der Waals surface area contributed by atoms with Crippen LogP contribution in [0, 0.1) is 0 Å². The number of benzene rings is 2. The van der Waals surface area contributed by atoms with Crippen molar-refractivity contribution >= 4 is 33.6 Å². The number of anilines is 1. The minimum atomic E-state index is -0.434. The molecule has 0 aliphatic rings. The van der Waals surface area contributed by atoms with Crippen LogP contribution in [0.15, 0.2) is 48.5 Å². The van der Waals surface area contributed by atoms with Gasteiger partial charge in [0.1, 0.15) is 5.60 Å². The molecule has 0 saturated carbocycles. The average Bonchev–Trinajstić information content (AvgIpc) is 2.75. The monoisotopic (exact) mass is 435 g/mol. The average molecular weight is 436 g/mol. The topological polar surface area (TPSA) is 63.2 Å². The molecule has 2 aromatic carbocycles. The summed E-state index contributed by atoms with van der Waals surface area (Å²) in [5.41, 5.74) is 2.84. The highest BCUT2D eigenvalue weighted by atomic mass is 16.6. The standard InChI is InChI=1S/C27H37N3O2/c1-27(2,3)32-26(31)29-20-14-8-6-4-5-7-13-19-28-25-21-15-9-11-17-23(21)30-24-18-12-10-16-22(24)25/h9-12,15-18H,4-8,13-14,19-20H2,1-3H3,(H,28,30)(H,29,31). The van der Waals surface area contributed by atoms with Crippen LogP contribution in [0.1, 0.15) is 65.7 Å². The fraction of sp³-hybridized carbons (Fsp3) is 0.481. The number of fused-ring (bicyclic) bond motifs is 2. The van der Waals surface area contributed by atoms with E-state index in [-0.39, 0.29) is 6.09 Å². The molecule has 3 aromatic rings. The van der Waals surface area contributed by atoms with Crippen molar-refractivity contribution in [1.29, 1.82) is 0 Å². The molecule has 2 N–H and O–H groups in total. The molecule has 1 heterocycles. The quantitative estimate of drug-likeness (QED) is 0.250. The summed E-state index contributed by atoms with van der Waals surface area (Å²) in [4.78, 5) is 16.4. The summed E-state index contributed by atoms with van der Waals surface area (Å²) in [5.74, 6) is 0. The van der Waals surface area contributed by atoms with Crippen molar-refractivity contribution in [3.05, 3.63) is 48.5 Å². The van der Waals surface area contributed by atoms with E-state index in [4.69, 9.17) is 9.72 Å². The van der Waals surface area contributed by atoms with Crippen molar-refractivity contribution in [3.63, 3.8) is 0 Å². The van der Waals surface area contributed by atoms with E-state index in [0.717, 1.165) is 36.8 Å². The fourth-order valence-corrected chi connectivity index (χ4v) is 3.88. The fourth-order valence-electron chi connectivity index (χ4n) is 3.88. The maximum atomic E-state index is 11.6. The Bertz CT molecular complexity index is 957. The van der Waals surface area contributed by atoms with Gasteiger partial charge in [0.05, 0.1) is 16.7 Å². The van der Waals surface area contributed by atoms with Crippen LogP contribution in [0.3, 0.4) is 0 Å². The van der Waals surface area contributed by atoms with Crippen molar-refractivity contribution in [2.45, 2.75) is 71.3 Å². The van der Waals surface area contributed by atoms with E-state index < -0.39 is 5.60 Å². The second-order valence-corrected chi connectivity index (χ2v) is 9.35. The first-order valence-corrected chi connectivity index (χ1v) is 11.9. The molecule has 0 spiro atoms. The summed E-state index contributed by atoms with van der Waals surface area (Å²) < 4.78 is 5.24. The number of carbonyl (C=O) groups is 1. The van der Waals surface area contributed by atoms with Crippen LogP contribution in [0.2, 0.25) is 0 Å². The van der Waals surface area contributed by atoms with Crippen LogP contribution in [-0.2, 0) is 4.74 Å². The summed E-state index contributed by atoms with van der Waals surface area (Å²) >= 11 is 0. The highest BCUT2D eigenvalue weighted by Gasteiger charge is 2.15. The number of amides is 1. The Labute approximate surface area is 191 Å². The molecule has 0 unspecified atom stereocenters. The van der Waals surface area contributed by atoms with E-state index in [1.165, 1.54) is 42.1 Å². The number of nitrogens with zero attached hydrogens (tertiary/aromatic N) is 1. The van der Waals surface area contributed by atoms with Gasteiger partial charge in [-0.15, -0.1) is 0 Å². The number of pyridine rings is 1. The van der Waals surface area contributed by atoms with Crippen molar-refractivity contribution in [2.24, 2.45) is 0 Å². The summed E-state index contributed by atoms with van der Waals surface area (Å²) in [6.07, 6.45) is 7.91. The predicted octanol–water partition coefficient (Wildman–Crippen LogP) is 7.06. The molecule has 1 amide bonds. The van der Waals surface area contributed by atoms with Crippen LogP contribution < -0.4 is 10.6 Å². The Balaban J connectivity index is 1.31. The molecule has 1 aromatic heterocycles. The van der Waals surface area contributed by atoms with Crippen LogP contribution in [0.5, 0.6) is 0 Å². The number of aromatic nitrogens is 1. The van der Waals surface area contributed by atoms with E-state index in [9.17, 15) is 4.79 Å². The van der Waals surface area contributed by atoms with E-state index >= 15 is 0 Å². The molecule has 0 radical (unpaired) electrons. The van der Waals surface area contributed by atoms with E-state index in [1.54, 1.807) is 0 Å². The molecule has 3 rings (SSSR count). The molecular formula is C27H37N3O2. The van der Waals surface area contributed by atoms with Crippen LogP contribution in [-0.4, -0.2) is 29.8 Å². The number of rotatable bonds is 11. The largest absolute Gasteiger partial charge is 0.444 e. The lowest BCUT2D eigenvalue weighted by Gasteiger charge is -2.19. The van der Waals surface area contributed by atoms with Gasteiger partial charge in [0.2, 0.25) is 0 Å². The molecular weight excluding hydrogens is 398 g/mol. The van der Waals surface area contributed by atoms with Gasteiger partial charge in [-0.2, -0.15) is 0 Å². The molecule has 32 heavy (non-hydrogen) atoms. The second kappa shape index (κ2) is 11.7. The smallest absolute Gasteiger partial charge is 0.407 e. The first-order chi connectivity index (χ1) is 15.4. The Morgan fingerprint density at radius 2 is 1.28 bits per heavy atom. The van der Waals surface area contributed by atoms with Crippen LogP contribution >= 0.6 is 0 Å². The number of hydrogen-bond donors (Lipinski definition) is 2. The predicted molar refractivity (Wildman–Crippen MR) is 134 cm³/mol. The van der Waals surface area contributed by atoms with Gasteiger partial charge >= 0.3 is 6.09 Å². The third kappa shape index (κ3) is 7.40. The van der Waals surface area contributed by atoms with E-state index in [0.29, 0.717) is 6.54 Å². The number of alkyl carbamates (subject to hydrolysis) is 1. The van der Waals surface area contributed by atoms with E-state index in [1.807, 2.05) is 32.9 Å². The van der Waals surface area contributed by atoms with Crippen molar-refractivity contribution in [1.82, 2.24) is 10.3 Å². The lowest BCUT2D eigenvalue weighted by molar-refractivity contribution is 0.0527. The van der Waals surface area contributed by atoms with Crippen molar-refractivity contribution in [2.75, 3.05) is 18.4 Å². The lowest BCUT2D eigenvalue weighted by Crippen LogP contribution is -2.32. The van der Waals surface area contributed by atoms with Gasteiger partial charge < -0.3 is 15.4 Å². The molecule has 172 valence electrons. The lowest BCUT2D eigenvalue weighted by atomic mass is 10.1. The minimum Gasteiger partial charge on any atom is -0.444 e. The zero-order valence-corrected chi connectivity index (χ0v) is 19.7. The number of ether oxygens (including phenoxy) is 1. The van der Waals surface area contributed by atoms with Gasteiger partial charge in [-0.3, -0.25) is 0 Å². The second-order valence-electron chi connectivity index (χ2n) is 9.35. The molecule has 0 aliphatic carbocycles. The zero-order valence-electron chi connectivity index (χ0n) is 19.7. The summed E-state index contributed by atoms with van der Waals surface area (Å²) in [6.45, 7) is 7.29. The Morgan fingerprint density at radius 1 is 0.781 bits per heavy atom. The number of carbonyl (C=O) groups excluding carboxylic acids is 1. The van der Waals surface area contributed by atoms with E-state index in [2.05, 4.69) is 47.0 Å². The highest BCUT2D eigenvalue weighted by molar-refractivity contribution is 6.07. The van der Waals surface area contributed by atoms with Gasteiger partial charge in [0, 0.05) is 23.9 Å². The maximum Gasteiger partial charge on any atom is 0.407 e. The van der Waals surface area contributed by atoms with Crippen molar-refractivity contribution < 1.29 is 9.53 Å². The number of hydrogen-bond acceptors (Lipinski definition) is 4. The molecule has 5 heteroatoms. The van der Waals surface area contributed by atoms with Crippen LogP contribution in [0.25, 0.3) is 21.8 Å². The van der Waals surface area contributed by atoms with Gasteiger partial charge in [-0.25, -0.2) is 9.78 Å². The Kier molecular flexibility index (Phi) is 8.72. The summed E-state index contributed by atoms with van der Waals surface area (Å²) in [5, 5.41) is 8.88. The third-order valence-corrected chi connectivity index (χ3v) is 5.41. The first-order valence-electron chi connectivity index (χ1n) is 11.9. The SMILES string of the molecule is CC(C)(C)OC(=O)NCCCCCCCCCNc1c2ccccc2nc2ccccc12. The normalized spacial score (nSPS) is 11.6. The summed E-state index contributed by atoms with van der Waals surface area (Å²) in [7, 11) is 0. The number of para-hydroxylation sites is 2. The van der Waals surface area contributed by atoms with Crippen molar-refractivity contribution in [3.8, 4) is 0 Å². The first kappa shape index (κ1) is 23.8. The number of nitrogens with one attached hydrogen (secondary N) is 2. The minimum absolute atomic E-state index is 0.320. The van der Waals surface area contributed by atoms with Gasteiger partial charge in [0.15, 0.2) is 0 Å². The van der Waals surface area contributed by atoms with Gasteiger partial charge in [-0.05, 0) is 45.7 Å². The third-order valence-electron chi connectivity index (χ3n) is 5.41. The molecule has 0 atom stereocenters. The van der Waals surface area contributed by atoms with Gasteiger partial charge in [-0.1, -0.05) is 68.5 Å². The molecule has 0 aliphatic heterocycles. The zero-order chi connectivity index (χ0) is 22.8. The van der Waals surface area contributed by atoms with Gasteiger partial charge in [0.25, 0.3) is 0 Å². The Hall–Kier alpha value is -2.82. The molecule has 0 fully saturated rings. The molecule has 0 bridgehead atoms. The Morgan fingerprint density at radius 3 is 1.84 bits per heavy atom. The molecule has 5 nitrogen and oxygen atoms in total. The maximum absolute atomic E-state index is 11.6. The van der Waals surface area contributed by atoms with Crippen LogP contribution in [0.4, 0.5) is 10.5 Å².